The first-order valence-corrected chi connectivity index (χ1v) is 9.07. The Morgan fingerprint density at radius 1 is 1.23 bits per heavy atom. The number of hydrogen-bond acceptors (Lipinski definition) is 4. The van der Waals surface area contributed by atoms with Gasteiger partial charge < -0.3 is 15.4 Å². The first-order chi connectivity index (χ1) is 12.5. The SMILES string of the molecule is CC(C)C[C@H](NC(=O)c1ccc2ccccc2n1)C(=O)N[C@H]1CCOC1. The first-order valence-electron chi connectivity index (χ1n) is 9.07. The fourth-order valence-corrected chi connectivity index (χ4v) is 3.08. The van der Waals surface area contributed by atoms with E-state index in [9.17, 15) is 9.59 Å². The molecule has 138 valence electrons. The lowest BCUT2D eigenvalue weighted by Gasteiger charge is -2.22. The van der Waals surface area contributed by atoms with E-state index in [0.717, 1.165) is 17.3 Å². The third-order valence-electron chi connectivity index (χ3n) is 4.44. The van der Waals surface area contributed by atoms with E-state index in [-0.39, 0.29) is 23.8 Å². The Bertz CT molecular complexity index is 785. The van der Waals surface area contributed by atoms with Crippen molar-refractivity contribution in [2.45, 2.75) is 38.8 Å². The van der Waals surface area contributed by atoms with Crippen LogP contribution in [-0.4, -0.2) is 42.1 Å². The van der Waals surface area contributed by atoms with Crippen molar-refractivity contribution in [3.05, 3.63) is 42.1 Å². The van der Waals surface area contributed by atoms with Crippen molar-refractivity contribution in [1.82, 2.24) is 15.6 Å². The van der Waals surface area contributed by atoms with E-state index >= 15 is 0 Å². The van der Waals surface area contributed by atoms with Crippen LogP contribution < -0.4 is 10.6 Å². The van der Waals surface area contributed by atoms with Gasteiger partial charge in [0.05, 0.1) is 18.2 Å². The summed E-state index contributed by atoms with van der Waals surface area (Å²) in [6.45, 7) is 5.24. The van der Waals surface area contributed by atoms with Crippen LogP contribution in [0.15, 0.2) is 36.4 Å². The van der Waals surface area contributed by atoms with Gasteiger partial charge in [-0.15, -0.1) is 0 Å². The van der Waals surface area contributed by atoms with E-state index in [2.05, 4.69) is 15.6 Å². The monoisotopic (exact) mass is 355 g/mol. The standard InChI is InChI=1S/C20H25N3O3/c1-13(2)11-18(20(25)21-15-9-10-26-12-15)23-19(24)17-8-7-14-5-3-4-6-16(14)22-17/h3-8,13,15,18H,9-12H2,1-2H3,(H,21,25)(H,23,24)/t15-,18-/m0/s1. The number of pyridine rings is 1. The summed E-state index contributed by atoms with van der Waals surface area (Å²) >= 11 is 0. The zero-order valence-corrected chi connectivity index (χ0v) is 15.2. The molecule has 1 aliphatic rings. The number of carbonyl (C=O) groups is 2. The van der Waals surface area contributed by atoms with Crippen molar-refractivity contribution in [3.8, 4) is 0 Å². The molecule has 6 heteroatoms. The average molecular weight is 355 g/mol. The van der Waals surface area contributed by atoms with Gasteiger partial charge in [-0.25, -0.2) is 4.98 Å². The van der Waals surface area contributed by atoms with Gasteiger partial charge in [0.15, 0.2) is 0 Å². The number of hydrogen-bond donors (Lipinski definition) is 2. The average Bonchev–Trinajstić information content (AvgIpc) is 3.13. The number of fused-ring (bicyclic) bond motifs is 1. The highest BCUT2D eigenvalue weighted by atomic mass is 16.5. The molecule has 1 aromatic carbocycles. The highest BCUT2D eigenvalue weighted by Gasteiger charge is 2.26. The van der Waals surface area contributed by atoms with Crippen molar-refractivity contribution in [2.24, 2.45) is 5.92 Å². The second kappa shape index (κ2) is 8.27. The molecular weight excluding hydrogens is 330 g/mol. The van der Waals surface area contributed by atoms with Crippen LogP contribution in [0.3, 0.4) is 0 Å². The lowest BCUT2D eigenvalue weighted by Crippen LogP contribution is -2.50. The van der Waals surface area contributed by atoms with E-state index in [1.807, 2.05) is 44.2 Å². The van der Waals surface area contributed by atoms with Crippen molar-refractivity contribution in [2.75, 3.05) is 13.2 Å². The predicted molar refractivity (Wildman–Crippen MR) is 99.8 cm³/mol. The van der Waals surface area contributed by atoms with Crippen molar-refractivity contribution in [3.63, 3.8) is 0 Å². The summed E-state index contributed by atoms with van der Waals surface area (Å²) in [4.78, 5) is 29.7. The minimum atomic E-state index is -0.587. The van der Waals surface area contributed by atoms with E-state index in [1.165, 1.54) is 0 Å². The first kappa shape index (κ1) is 18.3. The van der Waals surface area contributed by atoms with Gasteiger partial charge in [-0.3, -0.25) is 9.59 Å². The molecule has 0 spiro atoms. The number of para-hydroxylation sites is 1. The molecule has 1 aliphatic heterocycles. The van der Waals surface area contributed by atoms with Crippen LogP contribution in [0, 0.1) is 5.92 Å². The molecule has 1 aromatic heterocycles. The lowest BCUT2D eigenvalue weighted by molar-refractivity contribution is -0.124. The molecule has 0 bridgehead atoms. The molecule has 6 nitrogen and oxygen atoms in total. The summed E-state index contributed by atoms with van der Waals surface area (Å²) in [5.41, 5.74) is 1.07. The Kier molecular flexibility index (Phi) is 5.83. The summed E-state index contributed by atoms with van der Waals surface area (Å²) in [5.74, 6) is -0.224. The quantitative estimate of drug-likeness (QED) is 0.833. The Morgan fingerprint density at radius 2 is 2.04 bits per heavy atom. The molecule has 0 radical (unpaired) electrons. The van der Waals surface area contributed by atoms with Gasteiger partial charge in [-0.05, 0) is 30.9 Å². The van der Waals surface area contributed by atoms with Gasteiger partial charge >= 0.3 is 0 Å². The second-order valence-corrected chi connectivity index (χ2v) is 7.11. The largest absolute Gasteiger partial charge is 0.379 e. The molecule has 3 rings (SSSR count). The summed E-state index contributed by atoms with van der Waals surface area (Å²) in [6.07, 6.45) is 1.37. The Balaban J connectivity index is 1.71. The predicted octanol–water partition coefficient (Wildman–Crippen LogP) is 2.28. The maximum atomic E-state index is 12.6. The van der Waals surface area contributed by atoms with Crippen LogP contribution in [0.25, 0.3) is 10.9 Å². The Labute approximate surface area is 153 Å². The molecule has 0 saturated carbocycles. The highest BCUT2D eigenvalue weighted by Crippen LogP contribution is 2.13. The summed E-state index contributed by atoms with van der Waals surface area (Å²) in [5, 5.41) is 6.79. The Hall–Kier alpha value is -2.47. The van der Waals surface area contributed by atoms with Crippen LogP contribution in [-0.2, 0) is 9.53 Å². The van der Waals surface area contributed by atoms with E-state index in [0.29, 0.717) is 25.3 Å². The number of ether oxygens (including phenoxy) is 1. The van der Waals surface area contributed by atoms with E-state index in [4.69, 9.17) is 4.74 Å². The molecule has 2 N–H and O–H groups in total. The molecule has 0 aliphatic carbocycles. The third kappa shape index (κ3) is 4.58. The molecule has 26 heavy (non-hydrogen) atoms. The molecule has 0 unspecified atom stereocenters. The van der Waals surface area contributed by atoms with Gasteiger partial charge in [-0.1, -0.05) is 38.1 Å². The molecule has 2 atom stereocenters. The Morgan fingerprint density at radius 3 is 2.77 bits per heavy atom. The van der Waals surface area contributed by atoms with Crippen LogP contribution in [0.4, 0.5) is 0 Å². The number of nitrogens with one attached hydrogen (secondary N) is 2. The maximum Gasteiger partial charge on any atom is 0.270 e. The van der Waals surface area contributed by atoms with Crippen molar-refractivity contribution in [1.29, 1.82) is 0 Å². The van der Waals surface area contributed by atoms with E-state index in [1.54, 1.807) is 6.07 Å². The van der Waals surface area contributed by atoms with Gasteiger partial charge in [-0.2, -0.15) is 0 Å². The number of nitrogens with zero attached hydrogens (tertiary/aromatic N) is 1. The lowest BCUT2D eigenvalue weighted by atomic mass is 10.0. The van der Waals surface area contributed by atoms with E-state index < -0.39 is 6.04 Å². The summed E-state index contributed by atoms with van der Waals surface area (Å²) in [6, 6.07) is 10.6. The fraction of sp³-hybridized carbons (Fsp3) is 0.450. The summed E-state index contributed by atoms with van der Waals surface area (Å²) < 4.78 is 5.30. The van der Waals surface area contributed by atoms with Crippen molar-refractivity contribution >= 4 is 22.7 Å². The molecule has 2 heterocycles. The summed E-state index contributed by atoms with van der Waals surface area (Å²) in [7, 11) is 0. The number of benzene rings is 1. The number of aromatic nitrogens is 1. The minimum absolute atomic E-state index is 0.0212. The molecule has 2 amide bonds. The van der Waals surface area contributed by atoms with Crippen LogP contribution in [0.2, 0.25) is 0 Å². The fourth-order valence-electron chi connectivity index (χ4n) is 3.08. The van der Waals surface area contributed by atoms with Crippen molar-refractivity contribution < 1.29 is 14.3 Å². The van der Waals surface area contributed by atoms with Gasteiger partial charge in [0.1, 0.15) is 11.7 Å². The van der Waals surface area contributed by atoms with Gasteiger partial charge in [0.25, 0.3) is 5.91 Å². The topological polar surface area (TPSA) is 80.3 Å². The number of carbonyl (C=O) groups excluding carboxylic acids is 2. The normalized spacial score (nSPS) is 18.0. The maximum absolute atomic E-state index is 12.6. The molecule has 2 aromatic rings. The zero-order valence-electron chi connectivity index (χ0n) is 15.2. The zero-order chi connectivity index (χ0) is 18.5. The minimum Gasteiger partial charge on any atom is -0.379 e. The molecule has 1 fully saturated rings. The smallest absolute Gasteiger partial charge is 0.270 e. The molecule has 1 saturated heterocycles. The second-order valence-electron chi connectivity index (χ2n) is 7.11. The highest BCUT2D eigenvalue weighted by molar-refractivity contribution is 5.97. The third-order valence-corrected chi connectivity index (χ3v) is 4.44. The number of amides is 2. The van der Waals surface area contributed by atoms with Crippen LogP contribution in [0.5, 0.6) is 0 Å². The molecular formula is C20H25N3O3. The van der Waals surface area contributed by atoms with Crippen LogP contribution >= 0.6 is 0 Å². The number of rotatable bonds is 6. The van der Waals surface area contributed by atoms with Gasteiger partial charge in [0.2, 0.25) is 5.91 Å². The van der Waals surface area contributed by atoms with Gasteiger partial charge in [0, 0.05) is 12.0 Å². The van der Waals surface area contributed by atoms with Crippen LogP contribution in [0.1, 0.15) is 37.2 Å².